The van der Waals surface area contributed by atoms with Gasteiger partial charge in [-0.25, -0.2) is 4.39 Å². The third-order valence-electron chi connectivity index (χ3n) is 7.21. The van der Waals surface area contributed by atoms with E-state index in [-0.39, 0.29) is 50.5 Å². The van der Waals surface area contributed by atoms with Crippen LogP contribution in [0.25, 0.3) is 0 Å². The summed E-state index contributed by atoms with van der Waals surface area (Å²) in [7, 11) is 1.43. The second-order valence-electron chi connectivity index (χ2n) is 9.67. The van der Waals surface area contributed by atoms with Gasteiger partial charge in [0.2, 0.25) is 11.7 Å². The topological polar surface area (TPSA) is 146 Å². The van der Waals surface area contributed by atoms with Gasteiger partial charge in [-0.05, 0) is 47.9 Å². The van der Waals surface area contributed by atoms with Crippen LogP contribution in [0.15, 0.2) is 48.0 Å². The molecule has 2 aliphatic rings. The lowest BCUT2D eigenvalue weighted by atomic mass is 9.77. The van der Waals surface area contributed by atoms with Crippen molar-refractivity contribution in [3.8, 4) is 11.5 Å². The first-order valence-corrected chi connectivity index (χ1v) is 13.1. The zero-order valence-corrected chi connectivity index (χ0v) is 22.3. The van der Waals surface area contributed by atoms with Crippen molar-refractivity contribution in [2.75, 3.05) is 26.8 Å². The van der Waals surface area contributed by atoms with Crippen LogP contribution in [0.5, 0.6) is 11.5 Å². The van der Waals surface area contributed by atoms with Crippen molar-refractivity contribution in [3.05, 3.63) is 70.6 Å². The zero-order chi connectivity index (χ0) is 29.0. The number of ether oxygens (including phenoxy) is 2. The maximum absolute atomic E-state index is 13.8. The molecule has 4 unspecified atom stereocenters. The maximum Gasteiger partial charge on any atom is 0.290 e. The lowest BCUT2D eigenvalue weighted by Crippen LogP contribution is -2.57. The number of benzene rings is 2. The third-order valence-corrected chi connectivity index (χ3v) is 7.21. The summed E-state index contributed by atoms with van der Waals surface area (Å²) in [5.74, 6) is -2.72. The standard InChI is InChI=1S/C29H33FN2O8/c1-3-22(35)29(38)32(9-7-16-5-4-6-18(30)11-16)21-14-20(28(37)31-8-10-33)24-19-12-17(15-34)13-23(39-2)26(19)40-27(24)25(21)36/h4-6,11-14,21,24-25,27,33-34,36H,3,7-10,15H2,1-2H3,(H,31,37). The zero-order valence-electron chi connectivity index (χ0n) is 22.3. The Morgan fingerprint density at radius 1 is 1.15 bits per heavy atom. The molecule has 4 atom stereocenters. The van der Waals surface area contributed by atoms with Crippen LogP contribution in [0.4, 0.5) is 4.39 Å². The molecule has 2 aromatic rings. The third kappa shape index (κ3) is 5.72. The molecule has 4 rings (SSSR count). The van der Waals surface area contributed by atoms with Crippen molar-refractivity contribution in [3.63, 3.8) is 0 Å². The molecule has 2 aromatic carbocycles. The van der Waals surface area contributed by atoms with Crippen molar-refractivity contribution in [2.24, 2.45) is 0 Å². The summed E-state index contributed by atoms with van der Waals surface area (Å²) in [6.07, 6.45) is -0.839. The first kappa shape index (κ1) is 29.2. The second-order valence-corrected chi connectivity index (χ2v) is 9.67. The Morgan fingerprint density at radius 2 is 1.93 bits per heavy atom. The van der Waals surface area contributed by atoms with E-state index < -0.39 is 47.6 Å². The number of hydrogen-bond acceptors (Lipinski definition) is 8. The number of ketones is 1. The summed E-state index contributed by atoms with van der Waals surface area (Å²) >= 11 is 0. The summed E-state index contributed by atoms with van der Waals surface area (Å²) < 4.78 is 25.4. The number of rotatable bonds is 11. The van der Waals surface area contributed by atoms with Gasteiger partial charge in [-0.1, -0.05) is 19.1 Å². The molecule has 40 heavy (non-hydrogen) atoms. The predicted molar refractivity (Wildman–Crippen MR) is 141 cm³/mol. The number of nitrogens with one attached hydrogen (secondary N) is 1. The summed E-state index contributed by atoms with van der Waals surface area (Å²) in [6, 6.07) is 7.96. The number of halogens is 1. The van der Waals surface area contributed by atoms with Crippen LogP contribution < -0.4 is 14.8 Å². The molecule has 0 saturated heterocycles. The fourth-order valence-corrected chi connectivity index (χ4v) is 5.26. The van der Waals surface area contributed by atoms with E-state index >= 15 is 0 Å². The molecule has 0 saturated carbocycles. The summed E-state index contributed by atoms with van der Waals surface area (Å²) in [6.45, 7) is 0.857. The highest BCUT2D eigenvalue weighted by Crippen LogP contribution is 2.51. The van der Waals surface area contributed by atoms with Crippen molar-refractivity contribution in [2.45, 2.75) is 50.5 Å². The van der Waals surface area contributed by atoms with Gasteiger partial charge >= 0.3 is 0 Å². The maximum atomic E-state index is 13.8. The molecule has 1 aliphatic heterocycles. The van der Waals surface area contributed by atoms with Gasteiger partial charge in [0.05, 0.1) is 32.3 Å². The molecular formula is C29H33FN2O8. The van der Waals surface area contributed by atoms with E-state index in [1.807, 2.05) is 0 Å². The van der Waals surface area contributed by atoms with Gasteiger partial charge in [0.25, 0.3) is 5.91 Å². The number of carbonyl (C=O) groups is 3. The predicted octanol–water partition coefficient (Wildman–Crippen LogP) is 1.000. The summed E-state index contributed by atoms with van der Waals surface area (Å²) in [5.41, 5.74) is 1.77. The first-order valence-electron chi connectivity index (χ1n) is 13.1. The normalized spacial score (nSPS) is 21.0. The Bertz CT molecular complexity index is 1310. The number of methoxy groups -OCH3 is 1. The molecule has 4 N–H and O–H groups in total. The molecule has 0 spiro atoms. The van der Waals surface area contributed by atoms with Gasteiger partial charge < -0.3 is 35.0 Å². The number of fused-ring (bicyclic) bond motifs is 3. The van der Waals surface area contributed by atoms with Crippen LogP contribution in [-0.4, -0.2) is 82.9 Å². The van der Waals surface area contributed by atoms with Crippen LogP contribution in [0, 0.1) is 5.82 Å². The van der Waals surface area contributed by atoms with E-state index in [4.69, 9.17) is 9.47 Å². The Kier molecular flexibility index (Phi) is 9.18. The van der Waals surface area contributed by atoms with Crippen molar-refractivity contribution >= 4 is 17.6 Å². The highest BCUT2D eigenvalue weighted by Gasteiger charge is 2.51. The Morgan fingerprint density at radius 3 is 2.58 bits per heavy atom. The van der Waals surface area contributed by atoms with Crippen LogP contribution in [0.3, 0.4) is 0 Å². The number of Topliss-reactive ketones (excluding diaryl/α,β-unsaturated/α-hetero) is 1. The molecule has 0 fully saturated rings. The number of hydrogen-bond donors (Lipinski definition) is 4. The average Bonchev–Trinajstić information content (AvgIpc) is 3.35. The number of aliphatic hydroxyl groups excluding tert-OH is 3. The number of nitrogens with zero attached hydrogens (tertiary/aromatic N) is 1. The molecule has 1 aliphatic carbocycles. The lowest BCUT2D eigenvalue weighted by molar-refractivity contribution is -0.148. The van der Waals surface area contributed by atoms with Gasteiger partial charge in [0.1, 0.15) is 18.0 Å². The molecule has 10 nitrogen and oxygen atoms in total. The Labute approximate surface area is 231 Å². The van der Waals surface area contributed by atoms with Gasteiger partial charge in [-0.2, -0.15) is 0 Å². The highest BCUT2D eigenvalue weighted by molar-refractivity contribution is 6.36. The van der Waals surface area contributed by atoms with Gasteiger partial charge in [-0.3, -0.25) is 14.4 Å². The quantitative estimate of drug-likeness (QED) is 0.300. The first-order chi connectivity index (χ1) is 19.2. The fraction of sp³-hybridized carbons (Fsp3) is 0.414. The van der Waals surface area contributed by atoms with Crippen molar-refractivity contribution < 1.29 is 43.6 Å². The molecule has 0 radical (unpaired) electrons. The molecule has 11 heteroatoms. The summed E-state index contributed by atoms with van der Waals surface area (Å²) in [5, 5.41) is 33.3. The van der Waals surface area contributed by atoms with E-state index in [0.717, 1.165) is 0 Å². The van der Waals surface area contributed by atoms with Crippen LogP contribution >= 0.6 is 0 Å². The van der Waals surface area contributed by atoms with E-state index in [1.54, 1.807) is 25.1 Å². The highest BCUT2D eigenvalue weighted by atomic mass is 19.1. The SMILES string of the molecule is CCC(=O)C(=O)N(CCc1cccc(F)c1)C1C=C(C(=O)NCCO)C2c3cc(CO)cc(OC)c3OC2C1O. The van der Waals surface area contributed by atoms with Crippen molar-refractivity contribution in [1.29, 1.82) is 0 Å². The minimum absolute atomic E-state index is 0.0367. The van der Waals surface area contributed by atoms with E-state index in [0.29, 0.717) is 22.4 Å². The molecule has 1 heterocycles. The molecular weight excluding hydrogens is 523 g/mol. The average molecular weight is 557 g/mol. The van der Waals surface area contributed by atoms with Crippen LogP contribution in [0.1, 0.15) is 36.0 Å². The smallest absolute Gasteiger partial charge is 0.290 e. The lowest BCUT2D eigenvalue weighted by Gasteiger charge is -2.40. The van der Waals surface area contributed by atoms with Gasteiger partial charge in [0, 0.05) is 30.6 Å². The Balaban J connectivity index is 1.79. The number of amides is 2. The molecule has 0 aromatic heterocycles. The number of aliphatic hydroxyl groups is 3. The largest absolute Gasteiger partial charge is 0.493 e. The van der Waals surface area contributed by atoms with E-state index in [1.165, 1.54) is 36.3 Å². The second kappa shape index (κ2) is 12.6. The van der Waals surface area contributed by atoms with E-state index in [9.17, 15) is 34.1 Å². The van der Waals surface area contributed by atoms with Crippen LogP contribution in [-0.2, 0) is 27.4 Å². The van der Waals surface area contributed by atoms with Gasteiger partial charge in [-0.15, -0.1) is 0 Å². The summed E-state index contributed by atoms with van der Waals surface area (Å²) in [4.78, 5) is 40.4. The van der Waals surface area contributed by atoms with Crippen molar-refractivity contribution in [1.82, 2.24) is 10.2 Å². The fourth-order valence-electron chi connectivity index (χ4n) is 5.26. The van der Waals surface area contributed by atoms with Gasteiger partial charge in [0.15, 0.2) is 11.5 Å². The molecule has 2 amide bonds. The van der Waals surface area contributed by atoms with Crippen LogP contribution in [0.2, 0.25) is 0 Å². The number of carbonyl (C=O) groups excluding carboxylic acids is 3. The minimum atomic E-state index is -1.37. The molecule has 0 bridgehead atoms. The Hall–Kier alpha value is -3.80. The minimum Gasteiger partial charge on any atom is -0.493 e. The monoisotopic (exact) mass is 556 g/mol. The molecule has 214 valence electrons. The van der Waals surface area contributed by atoms with E-state index in [2.05, 4.69) is 5.32 Å².